The van der Waals surface area contributed by atoms with Crippen molar-refractivity contribution in [2.45, 2.75) is 31.5 Å². The van der Waals surface area contributed by atoms with Gasteiger partial charge in [-0.1, -0.05) is 30.3 Å². The molecule has 0 saturated carbocycles. The molecule has 3 rings (SSSR count). The standard InChI is InChI=1S/C17H25N3O2/c21-16-11-18-9-14(16)10-19-17(22)15-7-4-8-20(15)12-13-5-2-1-3-6-13/h1-3,5-6,14-16,18,21H,4,7-12H2,(H,19,22). The van der Waals surface area contributed by atoms with E-state index in [1.165, 1.54) is 5.56 Å². The first-order chi connectivity index (χ1) is 10.7. The molecule has 0 aromatic heterocycles. The van der Waals surface area contributed by atoms with Crippen molar-refractivity contribution < 1.29 is 9.90 Å². The molecule has 0 aliphatic carbocycles. The zero-order valence-corrected chi connectivity index (χ0v) is 12.9. The fraction of sp³-hybridized carbons (Fsp3) is 0.588. The van der Waals surface area contributed by atoms with E-state index in [2.05, 4.69) is 27.7 Å². The molecule has 2 heterocycles. The van der Waals surface area contributed by atoms with Gasteiger partial charge in [0.25, 0.3) is 0 Å². The summed E-state index contributed by atoms with van der Waals surface area (Å²) < 4.78 is 0. The van der Waals surface area contributed by atoms with Crippen LogP contribution in [0.3, 0.4) is 0 Å². The number of carbonyl (C=O) groups is 1. The summed E-state index contributed by atoms with van der Waals surface area (Å²) in [7, 11) is 0. The minimum absolute atomic E-state index is 0.0355. The summed E-state index contributed by atoms with van der Waals surface area (Å²) in [5, 5.41) is 16.0. The van der Waals surface area contributed by atoms with Crippen molar-refractivity contribution >= 4 is 5.91 Å². The molecule has 2 aliphatic heterocycles. The number of rotatable bonds is 5. The lowest BCUT2D eigenvalue weighted by Crippen LogP contribution is -2.45. The summed E-state index contributed by atoms with van der Waals surface area (Å²) in [5.41, 5.74) is 1.25. The highest BCUT2D eigenvalue weighted by Gasteiger charge is 2.32. The largest absolute Gasteiger partial charge is 0.391 e. The second-order valence-electron chi connectivity index (χ2n) is 6.34. The summed E-state index contributed by atoms with van der Waals surface area (Å²) in [4.78, 5) is 14.7. The Labute approximate surface area is 131 Å². The Morgan fingerprint density at radius 1 is 1.32 bits per heavy atom. The molecule has 3 atom stereocenters. The summed E-state index contributed by atoms with van der Waals surface area (Å²) in [5.74, 6) is 0.237. The van der Waals surface area contributed by atoms with Gasteiger partial charge >= 0.3 is 0 Å². The predicted molar refractivity (Wildman–Crippen MR) is 85.3 cm³/mol. The third-order valence-electron chi connectivity index (χ3n) is 4.74. The van der Waals surface area contributed by atoms with Crippen LogP contribution in [-0.4, -0.2) is 54.2 Å². The zero-order chi connectivity index (χ0) is 15.4. The van der Waals surface area contributed by atoms with Crippen molar-refractivity contribution in [1.29, 1.82) is 0 Å². The number of likely N-dealkylation sites (tertiary alicyclic amines) is 1. The molecule has 1 aromatic carbocycles. The van der Waals surface area contributed by atoms with Gasteiger partial charge in [-0.25, -0.2) is 0 Å². The van der Waals surface area contributed by atoms with Gasteiger partial charge in [0.2, 0.25) is 5.91 Å². The maximum atomic E-state index is 12.5. The molecule has 1 aromatic rings. The molecule has 5 nitrogen and oxygen atoms in total. The number of carbonyl (C=O) groups excluding carboxylic acids is 1. The monoisotopic (exact) mass is 303 g/mol. The number of aliphatic hydroxyl groups is 1. The maximum absolute atomic E-state index is 12.5. The van der Waals surface area contributed by atoms with Crippen LogP contribution in [0.5, 0.6) is 0 Å². The summed E-state index contributed by atoms with van der Waals surface area (Å²) in [6.07, 6.45) is 1.65. The predicted octanol–water partition coefficient (Wildman–Crippen LogP) is 0.348. The summed E-state index contributed by atoms with van der Waals surface area (Å²) in [6.45, 7) is 3.76. The quantitative estimate of drug-likeness (QED) is 0.734. The topological polar surface area (TPSA) is 64.6 Å². The van der Waals surface area contributed by atoms with Crippen LogP contribution in [0.4, 0.5) is 0 Å². The number of nitrogens with one attached hydrogen (secondary N) is 2. The molecule has 1 amide bonds. The molecule has 3 unspecified atom stereocenters. The number of β-amino-alcohol motifs (C(OH)–C–C–N with tert-alkyl or cyclic N) is 1. The van der Waals surface area contributed by atoms with Crippen LogP contribution < -0.4 is 10.6 Å². The van der Waals surface area contributed by atoms with E-state index in [1.807, 2.05) is 18.2 Å². The highest BCUT2D eigenvalue weighted by atomic mass is 16.3. The molecule has 0 bridgehead atoms. The second kappa shape index (κ2) is 7.22. The van der Waals surface area contributed by atoms with Crippen LogP contribution in [-0.2, 0) is 11.3 Å². The van der Waals surface area contributed by atoms with Crippen LogP contribution >= 0.6 is 0 Å². The second-order valence-corrected chi connectivity index (χ2v) is 6.34. The van der Waals surface area contributed by atoms with Crippen LogP contribution in [0.15, 0.2) is 30.3 Å². The molecule has 120 valence electrons. The first-order valence-corrected chi connectivity index (χ1v) is 8.18. The molecule has 3 N–H and O–H groups in total. The lowest BCUT2D eigenvalue weighted by Gasteiger charge is -2.24. The minimum atomic E-state index is -0.343. The van der Waals surface area contributed by atoms with Crippen LogP contribution in [0.2, 0.25) is 0 Å². The Morgan fingerprint density at radius 2 is 2.14 bits per heavy atom. The average molecular weight is 303 g/mol. The lowest BCUT2D eigenvalue weighted by atomic mass is 10.1. The Kier molecular flexibility index (Phi) is 5.08. The van der Waals surface area contributed by atoms with Crippen molar-refractivity contribution in [3.05, 3.63) is 35.9 Å². The van der Waals surface area contributed by atoms with Gasteiger partial charge in [-0.15, -0.1) is 0 Å². The van der Waals surface area contributed by atoms with Crippen molar-refractivity contribution in [2.24, 2.45) is 5.92 Å². The van der Waals surface area contributed by atoms with E-state index in [0.29, 0.717) is 13.1 Å². The first-order valence-electron chi connectivity index (χ1n) is 8.18. The van der Waals surface area contributed by atoms with Crippen LogP contribution in [0, 0.1) is 5.92 Å². The van der Waals surface area contributed by atoms with Gasteiger partial charge in [0, 0.05) is 32.1 Å². The van der Waals surface area contributed by atoms with Gasteiger partial charge in [-0.05, 0) is 24.9 Å². The maximum Gasteiger partial charge on any atom is 0.237 e. The highest BCUT2D eigenvalue weighted by molar-refractivity contribution is 5.82. The van der Waals surface area contributed by atoms with Gasteiger partial charge in [0.15, 0.2) is 0 Å². The van der Waals surface area contributed by atoms with E-state index in [4.69, 9.17) is 0 Å². The molecule has 5 heteroatoms. The van der Waals surface area contributed by atoms with Gasteiger partial charge in [0.05, 0.1) is 12.1 Å². The van der Waals surface area contributed by atoms with Crippen LogP contribution in [0.1, 0.15) is 18.4 Å². The van der Waals surface area contributed by atoms with Crippen LogP contribution in [0.25, 0.3) is 0 Å². The third-order valence-corrected chi connectivity index (χ3v) is 4.74. The van der Waals surface area contributed by atoms with Gasteiger partial charge in [-0.2, -0.15) is 0 Å². The Balaban J connectivity index is 1.52. The first kappa shape index (κ1) is 15.5. The van der Waals surface area contributed by atoms with Crippen molar-refractivity contribution in [3.8, 4) is 0 Å². The molecular weight excluding hydrogens is 278 g/mol. The fourth-order valence-electron chi connectivity index (χ4n) is 3.41. The molecule has 2 fully saturated rings. The Bertz CT molecular complexity index is 494. The highest BCUT2D eigenvalue weighted by Crippen LogP contribution is 2.20. The lowest BCUT2D eigenvalue weighted by molar-refractivity contribution is -0.125. The number of benzene rings is 1. The zero-order valence-electron chi connectivity index (χ0n) is 12.9. The van der Waals surface area contributed by atoms with Gasteiger partial charge in [0.1, 0.15) is 0 Å². The molecule has 22 heavy (non-hydrogen) atoms. The minimum Gasteiger partial charge on any atom is -0.391 e. The number of aliphatic hydroxyl groups excluding tert-OH is 1. The normalized spacial score (nSPS) is 28.9. The fourth-order valence-corrected chi connectivity index (χ4v) is 3.41. The van der Waals surface area contributed by atoms with Crippen molar-refractivity contribution in [3.63, 3.8) is 0 Å². The van der Waals surface area contributed by atoms with E-state index in [-0.39, 0.29) is 24.0 Å². The summed E-state index contributed by atoms with van der Waals surface area (Å²) in [6, 6.07) is 10.3. The van der Waals surface area contributed by atoms with E-state index < -0.39 is 0 Å². The number of nitrogens with zero attached hydrogens (tertiary/aromatic N) is 1. The van der Waals surface area contributed by atoms with E-state index in [0.717, 1.165) is 32.5 Å². The van der Waals surface area contributed by atoms with Gasteiger partial charge in [-0.3, -0.25) is 9.69 Å². The molecule has 0 radical (unpaired) electrons. The van der Waals surface area contributed by atoms with E-state index in [1.54, 1.807) is 0 Å². The summed E-state index contributed by atoms with van der Waals surface area (Å²) >= 11 is 0. The number of amides is 1. The van der Waals surface area contributed by atoms with Crippen molar-refractivity contribution in [1.82, 2.24) is 15.5 Å². The molecule has 2 aliphatic rings. The molecular formula is C17H25N3O2. The number of hydrogen-bond acceptors (Lipinski definition) is 4. The molecule has 0 spiro atoms. The SMILES string of the molecule is O=C(NCC1CNCC1O)C1CCCN1Cc1ccccc1. The van der Waals surface area contributed by atoms with Gasteiger partial charge < -0.3 is 15.7 Å². The van der Waals surface area contributed by atoms with E-state index in [9.17, 15) is 9.90 Å². The molecule has 2 saturated heterocycles. The van der Waals surface area contributed by atoms with Crippen molar-refractivity contribution in [2.75, 3.05) is 26.2 Å². The Morgan fingerprint density at radius 3 is 2.86 bits per heavy atom. The average Bonchev–Trinajstić information content (AvgIpc) is 3.15. The third kappa shape index (κ3) is 3.66. The number of hydrogen-bond donors (Lipinski definition) is 3. The Hall–Kier alpha value is -1.43. The van der Waals surface area contributed by atoms with E-state index >= 15 is 0 Å². The smallest absolute Gasteiger partial charge is 0.237 e.